The molecule has 1 atom stereocenters. The van der Waals surface area contributed by atoms with Crippen LogP contribution in [0.3, 0.4) is 0 Å². The molecular weight excluding hydrogens is 366 g/mol. The Balaban J connectivity index is 1.31. The minimum atomic E-state index is -3.24. The van der Waals surface area contributed by atoms with E-state index in [1.54, 1.807) is 0 Å². The van der Waals surface area contributed by atoms with E-state index in [-0.39, 0.29) is 12.6 Å². The number of benzene rings is 1. The van der Waals surface area contributed by atoms with Gasteiger partial charge in [-0.1, -0.05) is 6.07 Å². The summed E-state index contributed by atoms with van der Waals surface area (Å²) < 4.78 is 31.0. The zero-order valence-electron chi connectivity index (χ0n) is 15.6. The van der Waals surface area contributed by atoms with Crippen LogP contribution in [0.5, 0.6) is 5.75 Å². The number of fused-ring (bicyclic) bond motifs is 1. The summed E-state index contributed by atoms with van der Waals surface area (Å²) in [6.45, 7) is 2.79. The van der Waals surface area contributed by atoms with Crippen LogP contribution in [0.15, 0.2) is 30.5 Å². The van der Waals surface area contributed by atoms with Gasteiger partial charge in [0.25, 0.3) is 0 Å². The van der Waals surface area contributed by atoms with E-state index in [2.05, 4.69) is 9.88 Å². The summed E-state index contributed by atoms with van der Waals surface area (Å²) in [4.78, 5) is 5.42. The molecule has 7 nitrogen and oxygen atoms in total. The molecule has 0 aliphatic carbocycles. The second-order valence-corrected chi connectivity index (χ2v) is 9.84. The van der Waals surface area contributed by atoms with Gasteiger partial charge >= 0.3 is 0 Å². The molecule has 0 radical (unpaired) electrons. The highest BCUT2D eigenvalue weighted by molar-refractivity contribution is 7.88. The molecule has 148 valence electrons. The van der Waals surface area contributed by atoms with Crippen molar-refractivity contribution in [1.29, 1.82) is 0 Å². The summed E-state index contributed by atoms with van der Waals surface area (Å²) in [6.07, 6.45) is 5.56. The Bertz CT molecular complexity index is 905. The summed E-state index contributed by atoms with van der Waals surface area (Å²) in [7, 11) is -3.24. The van der Waals surface area contributed by atoms with Gasteiger partial charge in [-0.05, 0) is 37.5 Å². The van der Waals surface area contributed by atoms with Crippen LogP contribution in [0.1, 0.15) is 19.3 Å². The Morgan fingerprint density at radius 1 is 1.26 bits per heavy atom. The SMILES string of the molecule is CS(=O)(=O)N1CCC(O)(CN2CCC(Oc3cccc4[nH]ccc34)CC2)C1. The molecule has 2 saturated heterocycles. The second-order valence-electron chi connectivity index (χ2n) is 7.86. The molecule has 1 aromatic heterocycles. The van der Waals surface area contributed by atoms with Crippen molar-refractivity contribution in [2.24, 2.45) is 0 Å². The van der Waals surface area contributed by atoms with E-state index in [0.717, 1.165) is 42.6 Å². The second kappa shape index (κ2) is 7.09. The fourth-order valence-electron chi connectivity index (χ4n) is 4.17. The van der Waals surface area contributed by atoms with Crippen LogP contribution in [0, 0.1) is 0 Å². The number of aromatic nitrogens is 1. The van der Waals surface area contributed by atoms with Gasteiger partial charge in [-0.3, -0.25) is 0 Å². The summed E-state index contributed by atoms with van der Waals surface area (Å²) in [5.41, 5.74) is 0.122. The summed E-state index contributed by atoms with van der Waals surface area (Å²) >= 11 is 0. The number of rotatable bonds is 5. The molecule has 2 aliphatic heterocycles. The van der Waals surface area contributed by atoms with E-state index in [1.165, 1.54) is 10.6 Å². The van der Waals surface area contributed by atoms with E-state index < -0.39 is 15.6 Å². The minimum Gasteiger partial charge on any atom is -0.490 e. The summed E-state index contributed by atoms with van der Waals surface area (Å²) in [5.74, 6) is 0.908. The number of β-amino-alcohol motifs (C(OH)–C–C–N with tert-alkyl or cyclic N) is 1. The quantitative estimate of drug-likeness (QED) is 0.802. The zero-order chi connectivity index (χ0) is 19.1. The maximum absolute atomic E-state index is 11.7. The van der Waals surface area contributed by atoms with Crippen LogP contribution in [-0.4, -0.2) is 78.4 Å². The minimum absolute atomic E-state index is 0.160. The number of likely N-dealkylation sites (tertiary alicyclic amines) is 1. The molecule has 0 spiro atoms. The van der Waals surface area contributed by atoms with Crippen LogP contribution < -0.4 is 4.74 Å². The van der Waals surface area contributed by atoms with Gasteiger partial charge in [0.2, 0.25) is 10.0 Å². The monoisotopic (exact) mass is 393 g/mol. The predicted molar refractivity (Wildman–Crippen MR) is 104 cm³/mol. The van der Waals surface area contributed by atoms with Crippen molar-refractivity contribution in [2.45, 2.75) is 31.0 Å². The first-order chi connectivity index (χ1) is 12.8. The van der Waals surface area contributed by atoms with Gasteiger partial charge in [0.05, 0.1) is 11.9 Å². The van der Waals surface area contributed by atoms with Gasteiger partial charge in [-0.15, -0.1) is 0 Å². The number of ether oxygens (including phenoxy) is 1. The van der Waals surface area contributed by atoms with E-state index in [9.17, 15) is 13.5 Å². The normalized spacial score (nSPS) is 26.0. The Kier molecular flexibility index (Phi) is 4.92. The molecule has 2 aromatic rings. The molecule has 0 saturated carbocycles. The third kappa shape index (κ3) is 4.13. The van der Waals surface area contributed by atoms with Crippen molar-refractivity contribution in [1.82, 2.24) is 14.2 Å². The number of aliphatic hydroxyl groups is 1. The predicted octanol–water partition coefficient (Wildman–Crippen LogP) is 1.41. The van der Waals surface area contributed by atoms with Gasteiger partial charge in [-0.2, -0.15) is 4.31 Å². The standard InChI is InChI=1S/C19H27N3O4S/c1-27(24,25)22-12-8-19(23,14-22)13-21-10-6-15(7-11-21)26-18-4-2-3-17-16(18)5-9-20-17/h2-5,9,15,20,23H,6-8,10-14H2,1H3. The largest absolute Gasteiger partial charge is 0.490 e. The van der Waals surface area contributed by atoms with Crippen LogP contribution in [0.25, 0.3) is 10.9 Å². The third-order valence-electron chi connectivity index (χ3n) is 5.67. The number of nitrogens with zero attached hydrogens (tertiary/aromatic N) is 2. The highest BCUT2D eigenvalue weighted by atomic mass is 32.2. The smallest absolute Gasteiger partial charge is 0.211 e. The van der Waals surface area contributed by atoms with Crippen molar-refractivity contribution in [3.05, 3.63) is 30.5 Å². The first-order valence-electron chi connectivity index (χ1n) is 9.45. The molecule has 0 amide bonds. The van der Waals surface area contributed by atoms with Crippen LogP contribution >= 0.6 is 0 Å². The first kappa shape index (κ1) is 18.7. The molecule has 27 heavy (non-hydrogen) atoms. The fraction of sp³-hybridized carbons (Fsp3) is 0.579. The van der Waals surface area contributed by atoms with E-state index >= 15 is 0 Å². The van der Waals surface area contributed by atoms with E-state index in [0.29, 0.717) is 19.5 Å². The Morgan fingerprint density at radius 3 is 2.74 bits per heavy atom. The number of hydrogen-bond donors (Lipinski definition) is 2. The lowest BCUT2D eigenvalue weighted by Crippen LogP contribution is -2.49. The molecule has 1 aromatic carbocycles. The van der Waals surface area contributed by atoms with Crippen molar-refractivity contribution in [3.63, 3.8) is 0 Å². The molecule has 1 unspecified atom stereocenters. The molecule has 2 aliphatic rings. The average molecular weight is 394 g/mol. The highest BCUT2D eigenvalue weighted by Crippen LogP contribution is 2.29. The third-order valence-corrected chi connectivity index (χ3v) is 6.92. The van der Waals surface area contributed by atoms with Gasteiger partial charge in [0, 0.05) is 49.8 Å². The molecular formula is C19H27N3O4S. The molecule has 2 fully saturated rings. The summed E-state index contributed by atoms with van der Waals surface area (Å²) in [5, 5.41) is 11.9. The zero-order valence-corrected chi connectivity index (χ0v) is 16.4. The molecule has 3 heterocycles. The van der Waals surface area contributed by atoms with Gasteiger partial charge < -0.3 is 19.7 Å². The molecule has 2 N–H and O–H groups in total. The molecule has 4 rings (SSSR count). The van der Waals surface area contributed by atoms with Crippen molar-refractivity contribution >= 4 is 20.9 Å². The number of piperidine rings is 1. The number of H-pyrrole nitrogens is 1. The van der Waals surface area contributed by atoms with Gasteiger partial charge in [0.15, 0.2) is 0 Å². The number of aromatic amines is 1. The average Bonchev–Trinajstić information content (AvgIpc) is 3.24. The Morgan fingerprint density at radius 2 is 2.04 bits per heavy atom. The lowest BCUT2D eigenvalue weighted by atomic mass is 10.00. The Labute approximate surface area is 160 Å². The van der Waals surface area contributed by atoms with Crippen molar-refractivity contribution in [2.75, 3.05) is 39.0 Å². The maximum Gasteiger partial charge on any atom is 0.211 e. The van der Waals surface area contributed by atoms with Crippen molar-refractivity contribution in [3.8, 4) is 5.75 Å². The number of sulfonamides is 1. The summed E-state index contributed by atoms with van der Waals surface area (Å²) in [6, 6.07) is 8.06. The topological polar surface area (TPSA) is 85.9 Å². The van der Waals surface area contributed by atoms with Crippen molar-refractivity contribution < 1.29 is 18.3 Å². The van der Waals surface area contributed by atoms with Crippen LogP contribution in [0.2, 0.25) is 0 Å². The molecule has 8 heteroatoms. The highest BCUT2D eigenvalue weighted by Gasteiger charge is 2.41. The maximum atomic E-state index is 11.7. The lowest BCUT2D eigenvalue weighted by Gasteiger charge is -2.36. The van der Waals surface area contributed by atoms with Gasteiger partial charge in [-0.25, -0.2) is 8.42 Å². The van der Waals surface area contributed by atoms with Crippen LogP contribution in [-0.2, 0) is 10.0 Å². The lowest BCUT2D eigenvalue weighted by molar-refractivity contribution is -0.000735. The van der Waals surface area contributed by atoms with E-state index in [4.69, 9.17) is 4.74 Å². The number of hydrogen-bond acceptors (Lipinski definition) is 5. The van der Waals surface area contributed by atoms with Crippen LogP contribution in [0.4, 0.5) is 0 Å². The Hall–Kier alpha value is -1.61. The van der Waals surface area contributed by atoms with E-state index in [1.807, 2.05) is 30.5 Å². The first-order valence-corrected chi connectivity index (χ1v) is 11.3. The van der Waals surface area contributed by atoms with Gasteiger partial charge in [0.1, 0.15) is 11.9 Å². The molecule has 0 bridgehead atoms. The fourth-order valence-corrected chi connectivity index (χ4v) is 5.07. The number of nitrogens with one attached hydrogen (secondary N) is 1.